The summed E-state index contributed by atoms with van der Waals surface area (Å²) in [5.74, 6) is 0. The van der Waals surface area contributed by atoms with E-state index in [0.717, 1.165) is 18.5 Å². The lowest BCUT2D eigenvalue weighted by molar-refractivity contribution is 0.0475. The molecule has 1 aromatic carbocycles. The number of rotatable bonds is 5. The Morgan fingerprint density at radius 2 is 1.96 bits per heavy atom. The van der Waals surface area contributed by atoms with E-state index in [1.54, 1.807) is 11.0 Å². The van der Waals surface area contributed by atoms with Crippen molar-refractivity contribution in [3.8, 4) is 0 Å². The van der Waals surface area contributed by atoms with Crippen LogP contribution in [0.15, 0.2) is 36.9 Å². The van der Waals surface area contributed by atoms with Crippen molar-refractivity contribution in [2.75, 3.05) is 5.32 Å². The van der Waals surface area contributed by atoms with Gasteiger partial charge in [0.05, 0.1) is 6.54 Å². The highest BCUT2D eigenvalue weighted by atomic mass is 16.6. The summed E-state index contributed by atoms with van der Waals surface area (Å²) in [6.45, 7) is 6.31. The number of aromatic nitrogens is 3. The minimum absolute atomic E-state index is 0.180. The Morgan fingerprint density at radius 3 is 2.56 bits per heavy atom. The average Bonchev–Trinajstić information content (AvgIpc) is 2.98. The van der Waals surface area contributed by atoms with Crippen LogP contribution in [0, 0.1) is 0 Å². The van der Waals surface area contributed by atoms with Crippen molar-refractivity contribution in [2.24, 2.45) is 0 Å². The van der Waals surface area contributed by atoms with Crippen LogP contribution < -0.4 is 10.6 Å². The standard InChI is InChI=1S/C18H25N5O2/c1-18(2,3)25-17(24)22-16-8-15(9-16)21-14-6-4-13(5-7-14)10-23-12-19-11-20-23/h4-7,11-12,15-16,21H,8-10H2,1-3H3,(H,22,24). The molecule has 1 saturated carbocycles. The zero-order chi connectivity index (χ0) is 17.9. The fourth-order valence-corrected chi connectivity index (χ4v) is 2.77. The quantitative estimate of drug-likeness (QED) is 0.872. The first-order valence-corrected chi connectivity index (χ1v) is 8.55. The largest absolute Gasteiger partial charge is 0.444 e. The van der Waals surface area contributed by atoms with E-state index >= 15 is 0 Å². The molecule has 0 atom stereocenters. The predicted octanol–water partition coefficient (Wildman–Crippen LogP) is 2.79. The molecule has 1 aliphatic carbocycles. The van der Waals surface area contributed by atoms with Gasteiger partial charge < -0.3 is 15.4 Å². The molecule has 7 heteroatoms. The molecule has 25 heavy (non-hydrogen) atoms. The van der Waals surface area contributed by atoms with Crippen molar-refractivity contribution in [1.29, 1.82) is 0 Å². The second kappa shape index (κ2) is 7.13. The van der Waals surface area contributed by atoms with Crippen LogP contribution >= 0.6 is 0 Å². The molecule has 1 fully saturated rings. The average molecular weight is 343 g/mol. The molecular formula is C18H25N5O2. The lowest BCUT2D eigenvalue weighted by atomic mass is 9.86. The Labute approximate surface area is 147 Å². The Balaban J connectivity index is 1.40. The van der Waals surface area contributed by atoms with E-state index in [9.17, 15) is 4.79 Å². The smallest absolute Gasteiger partial charge is 0.407 e. The van der Waals surface area contributed by atoms with Gasteiger partial charge in [0.2, 0.25) is 0 Å². The first-order valence-electron chi connectivity index (χ1n) is 8.55. The summed E-state index contributed by atoms with van der Waals surface area (Å²) in [6.07, 6.45) is 4.71. The summed E-state index contributed by atoms with van der Waals surface area (Å²) < 4.78 is 7.06. The molecule has 0 aliphatic heterocycles. The molecule has 0 unspecified atom stereocenters. The molecule has 2 N–H and O–H groups in total. The maximum Gasteiger partial charge on any atom is 0.407 e. The van der Waals surface area contributed by atoms with Gasteiger partial charge in [0.1, 0.15) is 18.3 Å². The topological polar surface area (TPSA) is 81.1 Å². The molecule has 2 aromatic rings. The highest BCUT2D eigenvalue weighted by Gasteiger charge is 2.31. The first-order chi connectivity index (χ1) is 11.9. The molecule has 0 bridgehead atoms. The Bertz CT molecular complexity index is 685. The van der Waals surface area contributed by atoms with Crippen molar-refractivity contribution in [2.45, 2.75) is 57.8 Å². The van der Waals surface area contributed by atoms with Gasteiger partial charge in [-0.05, 0) is 51.3 Å². The number of nitrogens with zero attached hydrogens (tertiary/aromatic N) is 3. The van der Waals surface area contributed by atoms with Crippen LogP contribution in [-0.2, 0) is 11.3 Å². The summed E-state index contributed by atoms with van der Waals surface area (Å²) in [5.41, 5.74) is 1.80. The van der Waals surface area contributed by atoms with Gasteiger partial charge in [-0.25, -0.2) is 14.5 Å². The molecular weight excluding hydrogens is 318 g/mol. The van der Waals surface area contributed by atoms with Crippen LogP contribution in [-0.4, -0.2) is 38.5 Å². The van der Waals surface area contributed by atoms with E-state index in [1.807, 2.05) is 20.8 Å². The minimum atomic E-state index is -0.459. The van der Waals surface area contributed by atoms with Crippen molar-refractivity contribution in [1.82, 2.24) is 20.1 Å². The zero-order valence-electron chi connectivity index (χ0n) is 14.9. The number of ether oxygens (including phenoxy) is 1. The maximum absolute atomic E-state index is 11.7. The summed E-state index contributed by atoms with van der Waals surface area (Å²) in [4.78, 5) is 15.7. The number of alkyl carbamates (subject to hydrolysis) is 1. The fraction of sp³-hybridized carbons (Fsp3) is 0.500. The minimum Gasteiger partial charge on any atom is -0.444 e. The number of hydrogen-bond donors (Lipinski definition) is 2. The van der Waals surface area contributed by atoms with Crippen LogP contribution in [0.5, 0.6) is 0 Å². The Morgan fingerprint density at radius 1 is 1.24 bits per heavy atom. The third-order valence-corrected chi connectivity index (χ3v) is 3.99. The Kier molecular flexibility index (Phi) is 4.92. The molecule has 3 rings (SSSR count). The van der Waals surface area contributed by atoms with Gasteiger partial charge in [-0.1, -0.05) is 12.1 Å². The van der Waals surface area contributed by atoms with Gasteiger partial charge in [0.15, 0.2) is 0 Å². The van der Waals surface area contributed by atoms with Gasteiger partial charge in [0, 0.05) is 17.8 Å². The summed E-state index contributed by atoms with van der Waals surface area (Å²) >= 11 is 0. The van der Waals surface area contributed by atoms with Crippen LogP contribution in [0.25, 0.3) is 0 Å². The Hall–Kier alpha value is -2.57. The number of nitrogens with one attached hydrogen (secondary N) is 2. The number of anilines is 1. The van der Waals surface area contributed by atoms with Crippen LogP contribution in [0.2, 0.25) is 0 Å². The van der Waals surface area contributed by atoms with E-state index in [2.05, 4.69) is 45.0 Å². The predicted molar refractivity (Wildman–Crippen MR) is 95.4 cm³/mol. The highest BCUT2D eigenvalue weighted by molar-refractivity contribution is 5.68. The first kappa shape index (κ1) is 17.3. The molecule has 7 nitrogen and oxygen atoms in total. The lowest BCUT2D eigenvalue weighted by Gasteiger charge is -2.37. The van der Waals surface area contributed by atoms with Gasteiger partial charge in [-0.15, -0.1) is 0 Å². The van der Waals surface area contributed by atoms with Crippen LogP contribution in [0.4, 0.5) is 10.5 Å². The highest BCUT2D eigenvalue weighted by Crippen LogP contribution is 2.25. The van der Waals surface area contributed by atoms with Gasteiger partial charge >= 0.3 is 6.09 Å². The normalized spacial score (nSPS) is 19.8. The van der Waals surface area contributed by atoms with E-state index in [4.69, 9.17) is 4.74 Å². The number of benzene rings is 1. The van der Waals surface area contributed by atoms with Crippen LogP contribution in [0.3, 0.4) is 0 Å². The molecule has 0 radical (unpaired) electrons. The van der Waals surface area contributed by atoms with Gasteiger partial charge in [-0.2, -0.15) is 5.10 Å². The summed E-state index contributed by atoms with van der Waals surface area (Å²) in [5, 5.41) is 10.5. The molecule has 0 saturated heterocycles. The lowest BCUT2D eigenvalue weighted by Crippen LogP contribution is -2.50. The molecule has 1 amide bonds. The number of carbonyl (C=O) groups is 1. The number of carbonyl (C=O) groups excluding carboxylic acids is 1. The molecule has 134 valence electrons. The monoisotopic (exact) mass is 343 g/mol. The van der Waals surface area contributed by atoms with Gasteiger partial charge in [0.25, 0.3) is 0 Å². The molecule has 0 spiro atoms. The van der Waals surface area contributed by atoms with Gasteiger partial charge in [-0.3, -0.25) is 0 Å². The van der Waals surface area contributed by atoms with E-state index < -0.39 is 5.60 Å². The second-order valence-electron chi connectivity index (χ2n) is 7.45. The third-order valence-electron chi connectivity index (χ3n) is 3.99. The third kappa shape index (κ3) is 5.20. The SMILES string of the molecule is CC(C)(C)OC(=O)NC1CC(Nc2ccc(Cn3cncn3)cc2)C1. The van der Waals surface area contributed by atoms with Crippen molar-refractivity contribution in [3.63, 3.8) is 0 Å². The molecule has 1 aromatic heterocycles. The second-order valence-corrected chi connectivity index (χ2v) is 7.45. The summed E-state index contributed by atoms with van der Waals surface area (Å²) in [6, 6.07) is 8.86. The molecule has 1 heterocycles. The van der Waals surface area contributed by atoms with Crippen molar-refractivity contribution in [3.05, 3.63) is 42.5 Å². The summed E-state index contributed by atoms with van der Waals surface area (Å²) in [7, 11) is 0. The van der Waals surface area contributed by atoms with Crippen molar-refractivity contribution < 1.29 is 9.53 Å². The van der Waals surface area contributed by atoms with E-state index in [-0.39, 0.29) is 12.1 Å². The molecule has 1 aliphatic rings. The van der Waals surface area contributed by atoms with Crippen LogP contribution in [0.1, 0.15) is 39.2 Å². The number of amides is 1. The van der Waals surface area contributed by atoms with E-state index in [0.29, 0.717) is 12.6 Å². The zero-order valence-corrected chi connectivity index (χ0v) is 14.9. The maximum atomic E-state index is 11.7. The van der Waals surface area contributed by atoms with Crippen molar-refractivity contribution >= 4 is 11.8 Å². The number of hydrogen-bond acceptors (Lipinski definition) is 5. The fourth-order valence-electron chi connectivity index (χ4n) is 2.77. The van der Waals surface area contributed by atoms with E-state index in [1.165, 1.54) is 11.9 Å².